The number of likely N-dealkylation sites (tertiary alicyclic amines) is 1. The number of ether oxygens (including phenoxy) is 1. The zero-order valence-corrected chi connectivity index (χ0v) is 11.6. The van der Waals surface area contributed by atoms with Gasteiger partial charge < -0.3 is 14.7 Å². The van der Waals surface area contributed by atoms with Gasteiger partial charge in [-0.15, -0.1) is 0 Å². The summed E-state index contributed by atoms with van der Waals surface area (Å²) in [6.07, 6.45) is -0.328. The zero-order valence-electron chi connectivity index (χ0n) is 11.6. The number of benzene rings is 1. The van der Waals surface area contributed by atoms with Gasteiger partial charge in [-0.25, -0.2) is 9.18 Å². The number of aliphatic carboxylic acids is 1. The van der Waals surface area contributed by atoms with Gasteiger partial charge in [-0.1, -0.05) is 0 Å². The first-order valence-electron chi connectivity index (χ1n) is 6.32. The number of nitrogens with zero attached hydrogens (tertiary/aromatic N) is 2. The molecular weight excluding hydrogens is 299 g/mol. The highest BCUT2D eigenvalue weighted by Gasteiger charge is 2.47. The fourth-order valence-corrected chi connectivity index (χ4v) is 2.27. The van der Waals surface area contributed by atoms with Crippen molar-refractivity contribution in [2.75, 3.05) is 20.2 Å². The van der Waals surface area contributed by atoms with E-state index in [1.165, 1.54) is 19.2 Å². The summed E-state index contributed by atoms with van der Waals surface area (Å²) in [5.41, 5.74) is -2.91. The number of methoxy groups -OCH3 is 1. The highest BCUT2D eigenvalue weighted by atomic mass is 19.1. The van der Waals surface area contributed by atoms with Gasteiger partial charge in [0.1, 0.15) is 5.75 Å². The molecule has 0 aromatic heterocycles. The van der Waals surface area contributed by atoms with Crippen molar-refractivity contribution in [1.29, 1.82) is 0 Å². The van der Waals surface area contributed by atoms with Crippen LogP contribution in [-0.4, -0.2) is 52.7 Å². The van der Waals surface area contributed by atoms with Crippen LogP contribution in [0.3, 0.4) is 0 Å². The van der Waals surface area contributed by atoms with Crippen molar-refractivity contribution in [3.8, 4) is 5.75 Å². The average molecular weight is 312 g/mol. The van der Waals surface area contributed by atoms with Crippen LogP contribution in [0.25, 0.3) is 0 Å². The summed E-state index contributed by atoms with van der Waals surface area (Å²) in [6, 6.07) is 3.47. The molecule has 1 aromatic rings. The molecule has 1 unspecified atom stereocenters. The lowest BCUT2D eigenvalue weighted by Crippen LogP contribution is -2.39. The van der Waals surface area contributed by atoms with Gasteiger partial charge in [0.15, 0.2) is 0 Å². The molecule has 1 fully saturated rings. The van der Waals surface area contributed by atoms with Crippen molar-refractivity contribution in [3.63, 3.8) is 0 Å². The lowest BCUT2D eigenvalue weighted by Gasteiger charge is -2.18. The van der Waals surface area contributed by atoms with Gasteiger partial charge in [0.2, 0.25) is 5.67 Å². The van der Waals surface area contributed by atoms with Crippen LogP contribution < -0.4 is 4.74 Å². The maximum atomic E-state index is 14.0. The second-order valence-electron chi connectivity index (χ2n) is 4.89. The summed E-state index contributed by atoms with van der Waals surface area (Å²) < 4.78 is 19.0. The van der Waals surface area contributed by atoms with Gasteiger partial charge in [-0.05, 0) is 6.07 Å². The molecule has 1 amide bonds. The first kappa shape index (κ1) is 15.7. The number of carboxylic acid groups (broad SMARTS) is 1. The van der Waals surface area contributed by atoms with Crippen molar-refractivity contribution in [2.24, 2.45) is 0 Å². The van der Waals surface area contributed by atoms with Crippen molar-refractivity contribution >= 4 is 17.6 Å². The topological polar surface area (TPSA) is 110 Å². The maximum Gasteiger partial charge on any atom is 0.343 e. The van der Waals surface area contributed by atoms with Gasteiger partial charge in [-0.3, -0.25) is 14.9 Å². The van der Waals surface area contributed by atoms with Gasteiger partial charge in [0, 0.05) is 25.1 Å². The van der Waals surface area contributed by atoms with Crippen molar-refractivity contribution in [1.82, 2.24) is 4.90 Å². The van der Waals surface area contributed by atoms with E-state index in [-0.39, 0.29) is 30.0 Å². The van der Waals surface area contributed by atoms with E-state index < -0.39 is 29.0 Å². The summed E-state index contributed by atoms with van der Waals surface area (Å²) in [6.45, 7) is -0.694. The van der Waals surface area contributed by atoms with Crippen LogP contribution in [0, 0.1) is 10.1 Å². The Morgan fingerprint density at radius 3 is 2.68 bits per heavy atom. The molecule has 1 atom stereocenters. The first-order valence-corrected chi connectivity index (χ1v) is 6.32. The quantitative estimate of drug-likeness (QED) is 0.661. The second-order valence-corrected chi connectivity index (χ2v) is 4.89. The summed E-state index contributed by atoms with van der Waals surface area (Å²) in [4.78, 5) is 34.4. The van der Waals surface area contributed by atoms with E-state index >= 15 is 0 Å². The molecule has 0 radical (unpaired) electrons. The molecule has 1 saturated heterocycles. The zero-order chi connectivity index (χ0) is 16.5. The van der Waals surface area contributed by atoms with Crippen molar-refractivity contribution in [2.45, 2.75) is 12.1 Å². The van der Waals surface area contributed by atoms with Crippen LogP contribution >= 0.6 is 0 Å². The molecular formula is C13H13FN2O6. The monoisotopic (exact) mass is 312 g/mol. The van der Waals surface area contributed by atoms with Crippen LogP contribution in [0.5, 0.6) is 5.75 Å². The third kappa shape index (κ3) is 2.69. The number of non-ortho nitro benzene ring substituents is 1. The van der Waals surface area contributed by atoms with Crippen LogP contribution in [0.4, 0.5) is 10.1 Å². The van der Waals surface area contributed by atoms with E-state index in [9.17, 15) is 24.1 Å². The van der Waals surface area contributed by atoms with E-state index in [0.717, 1.165) is 11.0 Å². The molecule has 1 aliphatic rings. The molecule has 1 heterocycles. The Morgan fingerprint density at radius 2 is 2.18 bits per heavy atom. The lowest BCUT2D eigenvalue weighted by atomic mass is 10.1. The summed E-state index contributed by atoms with van der Waals surface area (Å²) in [7, 11) is 1.29. The molecule has 9 heteroatoms. The van der Waals surface area contributed by atoms with Crippen molar-refractivity contribution in [3.05, 3.63) is 33.9 Å². The predicted molar refractivity (Wildman–Crippen MR) is 71.6 cm³/mol. The Bertz CT molecular complexity index is 649. The molecule has 8 nitrogen and oxygen atoms in total. The number of carboxylic acids is 1. The van der Waals surface area contributed by atoms with E-state index in [2.05, 4.69) is 0 Å². The van der Waals surface area contributed by atoms with E-state index in [1.807, 2.05) is 0 Å². The number of carbonyl (C=O) groups excluding carboxylic acids is 1. The van der Waals surface area contributed by atoms with Gasteiger partial charge in [-0.2, -0.15) is 0 Å². The van der Waals surface area contributed by atoms with Crippen LogP contribution in [0.2, 0.25) is 0 Å². The minimum atomic E-state index is -2.50. The number of hydrogen-bond acceptors (Lipinski definition) is 5. The second kappa shape index (κ2) is 5.58. The summed E-state index contributed by atoms with van der Waals surface area (Å²) >= 11 is 0. The van der Waals surface area contributed by atoms with E-state index in [1.54, 1.807) is 0 Å². The number of carbonyl (C=O) groups is 2. The lowest BCUT2D eigenvalue weighted by molar-refractivity contribution is -0.384. The third-order valence-electron chi connectivity index (χ3n) is 3.51. The van der Waals surface area contributed by atoms with Crippen LogP contribution in [-0.2, 0) is 4.79 Å². The van der Waals surface area contributed by atoms with Crippen LogP contribution in [0.1, 0.15) is 16.8 Å². The molecule has 0 bridgehead atoms. The molecule has 0 saturated carbocycles. The number of alkyl halides is 1. The largest absolute Gasteiger partial charge is 0.496 e. The third-order valence-corrected chi connectivity index (χ3v) is 3.51. The number of nitro benzene ring substituents is 1. The molecule has 118 valence electrons. The summed E-state index contributed by atoms with van der Waals surface area (Å²) in [5, 5.41) is 19.6. The number of rotatable bonds is 4. The molecule has 1 N–H and O–H groups in total. The standard InChI is InChI=1S/C13H13FN2O6/c1-22-10-3-2-8(16(20)21)6-9(10)11(17)15-5-4-13(14,7-15)12(18)19/h2-3,6H,4-5,7H2,1H3,(H,18,19). The molecule has 22 heavy (non-hydrogen) atoms. The minimum absolute atomic E-state index is 0.0898. The summed E-state index contributed by atoms with van der Waals surface area (Å²) in [5.74, 6) is -2.24. The Morgan fingerprint density at radius 1 is 1.50 bits per heavy atom. The normalized spacial score (nSPS) is 20.7. The Balaban J connectivity index is 2.32. The Hall–Kier alpha value is -2.71. The van der Waals surface area contributed by atoms with E-state index in [4.69, 9.17) is 9.84 Å². The van der Waals surface area contributed by atoms with E-state index in [0.29, 0.717) is 0 Å². The Labute approximate surface area is 124 Å². The fourth-order valence-electron chi connectivity index (χ4n) is 2.27. The molecule has 0 aliphatic carbocycles. The van der Waals surface area contributed by atoms with Gasteiger partial charge in [0.05, 0.1) is 24.1 Å². The highest BCUT2D eigenvalue weighted by Crippen LogP contribution is 2.30. The number of halogens is 1. The van der Waals surface area contributed by atoms with Gasteiger partial charge >= 0.3 is 5.97 Å². The highest BCUT2D eigenvalue weighted by molar-refractivity contribution is 5.98. The Kier molecular flexibility index (Phi) is 3.98. The SMILES string of the molecule is COc1ccc([N+](=O)[O-])cc1C(=O)N1CCC(F)(C(=O)O)C1. The van der Waals surface area contributed by atoms with Crippen molar-refractivity contribution < 1.29 is 28.7 Å². The molecule has 1 aromatic carbocycles. The maximum absolute atomic E-state index is 14.0. The average Bonchev–Trinajstić information content (AvgIpc) is 2.89. The predicted octanol–water partition coefficient (Wildman–Crippen LogP) is 1.24. The molecule has 2 rings (SSSR count). The molecule has 0 spiro atoms. The first-order chi connectivity index (χ1) is 10.3. The smallest absolute Gasteiger partial charge is 0.343 e. The van der Waals surface area contributed by atoms with Gasteiger partial charge in [0.25, 0.3) is 11.6 Å². The molecule has 1 aliphatic heterocycles. The minimum Gasteiger partial charge on any atom is -0.496 e. The number of nitro groups is 1. The number of hydrogen-bond donors (Lipinski definition) is 1. The van der Waals surface area contributed by atoms with Crippen LogP contribution in [0.15, 0.2) is 18.2 Å². The fraction of sp³-hybridized carbons (Fsp3) is 0.385. The number of amides is 1.